The van der Waals surface area contributed by atoms with Gasteiger partial charge in [-0.15, -0.1) is 0 Å². The van der Waals surface area contributed by atoms with Gasteiger partial charge in [-0.1, -0.05) is 0 Å². The second-order valence-corrected chi connectivity index (χ2v) is 3.70. The molecule has 2 heterocycles. The van der Waals surface area contributed by atoms with E-state index in [1.54, 1.807) is 25.4 Å². The van der Waals surface area contributed by atoms with E-state index in [1.165, 1.54) is 18.0 Å². The van der Waals surface area contributed by atoms with E-state index in [0.717, 1.165) is 5.69 Å². The second kappa shape index (κ2) is 4.37. The van der Waals surface area contributed by atoms with Crippen LogP contribution in [0.2, 0.25) is 0 Å². The molecule has 0 fully saturated rings. The number of carbonyl (C=O) groups excluding carboxylic acids is 1. The fourth-order valence-electron chi connectivity index (χ4n) is 1.65. The maximum Gasteiger partial charge on any atom is 0.214 e. The lowest BCUT2D eigenvalue weighted by Crippen LogP contribution is -2.10. The van der Waals surface area contributed by atoms with Crippen molar-refractivity contribution in [3.63, 3.8) is 0 Å². The number of aryl methyl sites for hydroxylation is 2. The highest BCUT2D eigenvalue weighted by Gasteiger charge is 2.19. The Morgan fingerprint density at radius 3 is 2.88 bits per heavy atom. The molecule has 0 aliphatic heterocycles. The van der Waals surface area contributed by atoms with Gasteiger partial charge in [0.15, 0.2) is 11.4 Å². The van der Waals surface area contributed by atoms with Gasteiger partial charge in [0.2, 0.25) is 5.78 Å². The van der Waals surface area contributed by atoms with Crippen LogP contribution in [0.25, 0.3) is 0 Å². The molecule has 0 spiro atoms. The summed E-state index contributed by atoms with van der Waals surface area (Å²) in [5.74, 6) is 0.360. The summed E-state index contributed by atoms with van der Waals surface area (Å²) in [5, 5.41) is 4.01. The molecular formula is C12H13N3O2. The van der Waals surface area contributed by atoms with E-state index in [1.807, 2.05) is 6.92 Å². The van der Waals surface area contributed by atoms with Crippen molar-refractivity contribution in [1.29, 1.82) is 0 Å². The van der Waals surface area contributed by atoms with E-state index < -0.39 is 0 Å². The maximum absolute atomic E-state index is 12.3. The molecule has 2 aromatic heterocycles. The van der Waals surface area contributed by atoms with Gasteiger partial charge in [-0.05, 0) is 19.1 Å². The lowest BCUT2D eigenvalue weighted by Gasteiger charge is -2.04. The zero-order valence-electron chi connectivity index (χ0n) is 9.97. The van der Waals surface area contributed by atoms with Crippen LogP contribution in [0.1, 0.15) is 21.7 Å². The smallest absolute Gasteiger partial charge is 0.214 e. The molecule has 0 saturated carbocycles. The van der Waals surface area contributed by atoms with Gasteiger partial charge in [-0.3, -0.25) is 14.5 Å². The summed E-state index contributed by atoms with van der Waals surface area (Å²) in [6, 6.07) is 3.43. The number of methoxy groups -OCH3 is 1. The number of aromatic nitrogens is 3. The summed E-state index contributed by atoms with van der Waals surface area (Å²) in [6.45, 7) is 1.84. The molecule has 0 aliphatic rings. The molecule has 5 nitrogen and oxygen atoms in total. The van der Waals surface area contributed by atoms with Gasteiger partial charge in [0.1, 0.15) is 0 Å². The first-order valence-corrected chi connectivity index (χ1v) is 5.17. The van der Waals surface area contributed by atoms with Crippen molar-refractivity contribution >= 4 is 5.78 Å². The van der Waals surface area contributed by atoms with E-state index in [0.29, 0.717) is 17.0 Å². The van der Waals surface area contributed by atoms with Crippen molar-refractivity contribution < 1.29 is 9.53 Å². The minimum absolute atomic E-state index is 0.118. The van der Waals surface area contributed by atoms with Gasteiger partial charge in [0, 0.05) is 24.5 Å². The van der Waals surface area contributed by atoms with Gasteiger partial charge in [-0.25, -0.2) is 0 Å². The molecule has 0 bridgehead atoms. The molecule has 0 unspecified atom stereocenters. The Bertz CT molecular complexity index is 561. The van der Waals surface area contributed by atoms with E-state index in [2.05, 4.69) is 10.1 Å². The van der Waals surface area contributed by atoms with Crippen molar-refractivity contribution in [1.82, 2.24) is 14.8 Å². The number of ether oxygens (including phenoxy) is 1. The van der Waals surface area contributed by atoms with E-state index in [4.69, 9.17) is 4.74 Å². The molecule has 0 amide bonds. The van der Waals surface area contributed by atoms with Crippen molar-refractivity contribution in [2.24, 2.45) is 7.05 Å². The van der Waals surface area contributed by atoms with E-state index >= 15 is 0 Å². The van der Waals surface area contributed by atoms with Gasteiger partial charge in [-0.2, -0.15) is 5.10 Å². The number of hydrogen-bond donors (Lipinski definition) is 0. The third-order valence-corrected chi connectivity index (χ3v) is 2.50. The molecule has 88 valence electrons. The molecule has 0 saturated heterocycles. The fraction of sp³-hybridized carbons (Fsp3) is 0.250. The third kappa shape index (κ3) is 2.04. The van der Waals surface area contributed by atoms with E-state index in [9.17, 15) is 4.79 Å². The Kier molecular flexibility index (Phi) is 2.91. The summed E-state index contributed by atoms with van der Waals surface area (Å²) in [5.41, 5.74) is 1.83. The van der Waals surface area contributed by atoms with Crippen LogP contribution in [0.15, 0.2) is 24.5 Å². The molecule has 0 aromatic carbocycles. The maximum atomic E-state index is 12.3. The first-order valence-electron chi connectivity index (χ1n) is 5.17. The van der Waals surface area contributed by atoms with Crippen LogP contribution in [0.4, 0.5) is 0 Å². The number of pyridine rings is 1. The average Bonchev–Trinajstić information content (AvgIpc) is 2.69. The Labute approximate surface area is 99.1 Å². The molecule has 0 aliphatic carbocycles. The zero-order chi connectivity index (χ0) is 12.4. The summed E-state index contributed by atoms with van der Waals surface area (Å²) in [7, 11) is 3.23. The Morgan fingerprint density at radius 2 is 2.24 bits per heavy atom. The van der Waals surface area contributed by atoms with Crippen LogP contribution in [-0.2, 0) is 7.05 Å². The van der Waals surface area contributed by atoms with Crippen molar-refractivity contribution in [3.05, 3.63) is 41.5 Å². The predicted octanol–water partition coefficient (Wildman–Crippen LogP) is 1.36. The quantitative estimate of drug-likeness (QED) is 0.748. The fourth-order valence-corrected chi connectivity index (χ4v) is 1.65. The molecule has 2 aromatic rings. The molecule has 0 atom stereocenters. The van der Waals surface area contributed by atoms with E-state index in [-0.39, 0.29) is 5.78 Å². The highest BCUT2D eigenvalue weighted by atomic mass is 16.5. The first kappa shape index (κ1) is 11.3. The van der Waals surface area contributed by atoms with Crippen LogP contribution in [0.3, 0.4) is 0 Å². The van der Waals surface area contributed by atoms with Crippen molar-refractivity contribution in [3.8, 4) is 5.75 Å². The highest BCUT2D eigenvalue weighted by molar-refractivity contribution is 6.09. The molecule has 2 rings (SSSR count). The zero-order valence-corrected chi connectivity index (χ0v) is 9.97. The first-order chi connectivity index (χ1) is 8.13. The number of ketones is 1. The lowest BCUT2D eigenvalue weighted by atomic mass is 10.1. The minimum Gasteiger partial charge on any atom is -0.493 e. The molecular weight excluding hydrogens is 218 g/mol. The van der Waals surface area contributed by atoms with Gasteiger partial charge >= 0.3 is 0 Å². The molecule has 5 heteroatoms. The van der Waals surface area contributed by atoms with Crippen molar-refractivity contribution in [2.45, 2.75) is 6.92 Å². The topological polar surface area (TPSA) is 57.0 Å². The predicted molar refractivity (Wildman–Crippen MR) is 62.2 cm³/mol. The normalized spacial score (nSPS) is 10.3. The third-order valence-electron chi connectivity index (χ3n) is 2.50. The SMILES string of the molecule is COc1cnn(C)c1C(=O)c1ccnc(C)c1. The second-order valence-electron chi connectivity index (χ2n) is 3.70. The van der Waals surface area contributed by atoms with Gasteiger partial charge in [0.05, 0.1) is 13.3 Å². The van der Waals surface area contributed by atoms with Crippen LogP contribution < -0.4 is 4.74 Å². The Morgan fingerprint density at radius 1 is 1.47 bits per heavy atom. The number of carbonyl (C=O) groups is 1. The Hall–Kier alpha value is -2.17. The number of hydrogen-bond acceptors (Lipinski definition) is 4. The van der Waals surface area contributed by atoms with Gasteiger partial charge < -0.3 is 4.74 Å². The van der Waals surface area contributed by atoms with Gasteiger partial charge in [0.25, 0.3) is 0 Å². The van der Waals surface area contributed by atoms with Crippen LogP contribution in [0, 0.1) is 6.92 Å². The summed E-state index contributed by atoms with van der Waals surface area (Å²) in [6.07, 6.45) is 3.15. The molecule has 0 N–H and O–H groups in total. The average molecular weight is 231 g/mol. The summed E-state index contributed by atoms with van der Waals surface area (Å²) in [4.78, 5) is 16.4. The van der Waals surface area contributed by atoms with Crippen molar-refractivity contribution in [2.75, 3.05) is 7.11 Å². The van der Waals surface area contributed by atoms with Crippen LogP contribution in [0.5, 0.6) is 5.75 Å². The largest absolute Gasteiger partial charge is 0.493 e. The number of rotatable bonds is 3. The molecule has 0 radical (unpaired) electrons. The summed E-state index contributed by atoms with van der Waals surface area (Å²) >= 11 is 0. The summed E-state index contributed by atoms with van der Waals surface area (Å²) < 4.78 is 6.63. The monoisotopic (exact) mass is 231 g/mol. The van der Waals surface area contributed by atoms with Crippen LogP contribution >= 0.6 is 0 Å². The Balaban J connectivity index is 2.47. The van der Waals surface area contributed by atoms with Crippen LogP contribution in [-0.4, -0.2) is 27.7 Å². The molecule has 17 heavy (non-hydrogen) atoms. The lowest BCUT2D eigenvalue weighted by molar-refractivity contribution is 0.102. The highest BCUT2D eigenvalue weighted by Crippen LogP contribution is 2.20. The minimum atomic E-state index is -0.118. The standard InChI is InChI=1S/C12H13N3O2/c1-8-6-9(4-5-13-8)12(16)11-10(17-3)7-14-15(11)2/h4-7H,1-3H3. The number of nitrogens with zero attached hydrogens (tertiary/aromatic N) is 3.